The lowest BCUT2D eigenvalue weighted by molar-refractivity contribution is 0.880. The van der Waals surface area contributed by atoms with Crippen molar-refractivity contribution in [2.45, 2.75) is 18.9 Å². The van der Waals surface area contributed by atoms with Crippen LogP contribution in [-0.4, -0.2) is 21.4 Å². The van der Waals surface area contributed by atoms with Crippen LogP contribution in [0.1, 0.15) is 18.7 Å². The van der Waals surface area contributed by atoms with Crippen LogP contribution in [-0.2, 0) is 7.05 Å². The van der Waals surface area contributed by atoms with Crippen LogP contribution in [0, 0.1) is 0 Å². The van der Waals surface area contributed by atoms with Gasteiger partial charge in [0.25, 0.3) is 0 Å². The van der Waals surface area contributed by atoms with E-state index in [9.17, 15) is 0 Å². The molecule has 0 atom stereocenters. The van der Waals surface area contributed by atoms with E-state index in [0.717, 1.165) is 11.7 Å². The molecule has 1 saturated carbocycles. The van der Waals surface area contributed by atoms with Crippen molar-refractivity contribution in [2.75, 3.05) is 0 Å². The third kappa shape index (κ3) is 2.68. The predicted octanol–water partition coefficient (Wildman–Crippen LogP) is 1.78. The fraction of sp³-hybridized carbons (Fsp3) is 0.400. The van der Waals surface area contributed by atoms with E-state index in [-0.39, 0.29) is 0 Å². The first-order chi connectivity index (χ1) is 7.16. The van der Waals surface area contributed by atoms with E-state index in [1.807, 2.05) is 17.8 Å². The Morgan fingerprint density at radius 1 is 1.73 bits per heavy atom. The van der Waals surface area contributed by atoms with E-state index in [4.69, 9.17) is 0 Å². The molecule has 1 aromatic heterocycles. The van der Waals surface area contributed by atoms with E-state index < -0.39 is 0 Å². The van der Waals surface area contributed by atoms with Crippen LogP contribution in [0.3, 0.4) is 0 Å². The van der Waals surface area contributed by atoms with Crippen LogP contribution >= 0.6 is 15.9 Å². The molecule has 1 fully saturated rings. The van der Waals surface area contributed by atoms with Crippen LogP contribution in [0.4, 0.5) is 0 Å². The maximum Gasteiger partial charge on any atom is 0.175 e. The van der Waals surface area contributed by atoms with Crippen molar-refractivity contribution in [3.05, 3.63) is 29.4 Å². The van der Waals surface area contributed by atoms with Gasteiger partial charge in [-0.25, -0.2) is 4.98 Å². The van der Waals surface area contributed by atoms with Crippen molar-refractivity contribution in [1.82, 2.24) is 14.9 Å². The molecule has 2 rings (SSSR count). The Kier molecular flexibility index (Phi) is 2.90. The number of nitrogens with one attached hydrogen (secondary N) is 1. The van der Waals surface area contributed by atoms with Crippen LogP contribution in [0.5, 0.6) is 0 Å². The lowest BCUT2D eigenvalue weighted by atomic mass is 10.5. The molecule has 15 heavy (non-hydrogen) atoms. The van der Waals surface area contributed by atoms with E-state index in [1.165, 1.54) is 12.8 Å². The quantitative estimate of drug-likeness (QED) is 0.516. The van der Waals surface area contributed by atoms with Crippen LogP contribution in [0.25, 0.3) is 0 Å². The maximum atomic E-state index is 4.56. The summed E-state index contributed by atoms with van der Waals surface area (Å²) in [5.41, 5.74) is 0. The van der Waals surface area contributed by atoms with Crippen molar-refractivity contribution in [1.29, 1.82) is 0 Å². The van der Waals surface area contributed by atoms with Gasteiger partial charge in [-0.05, 0) is 28.8 Å². The van der Waals surface area contributed by atoms with Gasteiger partial charge in [-0.3, -0.25) is 4.99 Å². The first kappa shape index (κ1) is 10.4. The Morgan fingerprint density at radius 2 is 2.47 bits per heavy atom. The number of nitrogens with zero attached hydrogens (tertiary/aromatic N) is 3. The molecule has 1 heterocycles. The van der Waals surface area contributed by atoms with Gasteiger partial charge in [-0.1, -0.05) is 6.58 Å². The number of aromatic nitrogens is 2. The summed E-state index contributed by atoms with van der Waals surface area (Å²) in [5.74, 6) is 1.62. The molecule has 1 N–H and O–H groups in total. The first-order valence-electron chi connectivity index (χ1n) is 4.83. The fourth-order valence-electron chi connectivity index (χ4n) is 1.25. The van der Waals surface area contributed by atoms with E-state index in [2.05, 4.69) is 37.8 Å². The zero-order valence-corrected chi connectivity index (χ0v) is 10.2. The molecule has 0 spiro atoms. The van der Waals surface area contributed by atoms with E-state index >= 15 is 0 Å². The van der Waals surface area contributed by atoms with Gasteiger partial charge in [0, 0.05) is 19.4 Å². The van der Waals surface area contributed by atoms with Gasteiger partial charge in [0.15, 0.2) is 11.7 Å². The highest BCUT2D eigenvalue weighted by molar-refractivity contribution is 9.11. The normalized spacial score (nSPS) is 16.5. The summed E-state index contributed by atoms with van der Waals surface area (Å²) in [5, 5.41) is 3.08. The van der Waals surface area contributed by atoms with Crippen molar-refractivity contribution in [3.63, 3.8) is 0 Å². The largest absolute Gasteiger partial charge is 0.332 e. The lowest BCUT2D eigenvalue weighted by Gasteiger charge is -2.08. The van der Waals surface area contributed by atoms with Crippen molar-refractivity contribution in [2.24, 2.45) is 12.0 Å². The molecule has 0 unspecified atom stereocenters. The van der Waals surface area contributed by atoms with Crippen molar-refractivity contribution in [3.8, 4) is 0 Å². The lowest BCUT2D eigenvalue weighted by Crippen LogP contribution is -2.25. The zero-order valence-electron chi connectivity index (χ0n) is 8.57. The van der Waals surface area contributed by atoms with Crippen molar-refractivity contribution < 1.29 is 0 Å². The van der Waals surface area contributed by atoms with Gasteiger partial charge in [-0.2, -0.15) is 0 Å². The fourth-order valence-corrected chi connectivity index (χ4v) is 1.44. The molecule has 0 amide bonds. The minimum atomic E-state index is 0.455. The Balaban J connectivity index is 2.25. The summed E-state index contributed by atoms with van der Waals surface area (Å²) in [4.78, 5) is 8.82. The molecule has 1 aliphatic carbocycles. The molecule has 0 radical (unpaired) electrons. The minimum absolute atomic E-state index is 0.455. The van der Waals surface area contributed by atoms with Gasteiger partial charge in [-0.15, -0.1) is 0 Å². The molecule has 80 valence electrons. The topological polar surface area (TPSA) is 42.2 Å². The summed E-state index contributed by atoms with van der Waals surface area (Å²) in [6.07, 6.45) is 6.00. The molecule has 0 aromatic carbocycles. The number of imidazole rings is 1. The Labute approximate surface area is 97.2 Å². The number of hydrogen-bond acceptors (Lipinski definition) is 2. The molecular formula is C10H13BrN4. The van der Waals surface area contributed by atoms with Crippen LogP contribution in [0.2, 0.25) is 0 Å². The highest BCUT2D eigenvalue weighted by Crippen LogP contribution is 2.24. The molecular weight excluding hydrogens is 256 g/mol. The highest BCUT2D eigenvalue weighted by atomic mass is 79.9. The number of halogens is 1. The first-order valence-corrected chi connectivity index (χ1v) is 5.63. The smallest absolute Gasteiger partial charge is 0.175 e. The zero-order chi connectivity index (χ0) is 10.8. The number of rotatable bonds is 3. The second-order valence-electron chi connectivity index (χ2n) is 3.60. The van der Waals surface area contributed by atoms with Crippen LogP contribution < -0.4 is 5.32 Å². The summed E-state index contributed by atoms with van der Waals surface area (Å²) < 4.78 is 2.63. The van der Waals surface area contributed by atoms with E-state index in [1.54, 1.807) is 6.20 Å². The standard InChI is InChI=1S/C10H13BrN4/c1-7(11)13-9(14-8-3-4-8)10-12-5-6-15(10)2/h5-6,8H,1,3-4H2,2H3,(H,13,14). The summed E-state index contributed by atoms with van der Waals surface area (Å²) in [6.45, 7) is 3.75. The Bertz CT molecular complexity index is 403. The number of amidine groups is 1. The summed E-state index contributed by atoms with van der Waals surface area (Å²) in [7, 11) is 1.95. The Morgan fingerprint density at radius 3 is 2.93 bits per heavy atom. The van der Waals surface area contributed by atoms with Gasteiger partial charge in [0.1, 0.15) is 0 Å². The molecule has 0 bridgehead atoms. The third-order valence-electron chi connectivity index (χ3n) is 2.15. The highest BCUT2D eigenvalue weighted by Gasteiger charge is 2.22. The molecule has 0 saturated heterocycles. The Hall–Kier alpha value is -1.10. The summed E-state index contributed by atoms with van der Waals surface area (Å²) >= 11 is 3.27. The SMILES string of the molecule is C=C(Br)NC(=NC1CC1)c1nccn1C. The van der Waals surface area contributed by atoms with E-state index in [0.29, 0.717) is 10.6 Å². The molecule has 4 nitrogen and oxygen atoms in total. The minimum Gasteiger partial charge on any atom is -0.332 e. The maximum absolute atomic E-state index is 4.56. The van der Waals surface area contributed by atoms with Crippen LogP contribution in [0.15, 0.2) is 28.6 Å². The molecule has 1 aromatic rings. The average Bonchev–Trinajstić information content (AvgIpc) is 2.86. The summed E-state index contributed by atoms with van der Waals surface area (Å²) in [6, 6.07) is 0.455. The number of hydrogen-bond donors (Lipinski definition) is 1. The third-order valence-corrected chi connectivity index (χ3v) is 2.34. The predicted molar refractivity (Wildman–Crippen MR) is 64.0 cm³/mol. The second kappa shape index (κ2) is 4.18. The number of aryl methyl sites for hydroxylation is 1. The molecule has 0 aliphatic heterocycles. The monoisotopic (exact) mass is 268 g/mol. The average molecular weight is 269 g/mol. The molecule has 5 heteroatoms. The van der Waals surface area contributed by atoms with Gasteiger partial charge < -0.3 is 9.88 Å². The molecule has 1 aliphatic rings. The van der Waals surface area contributed by atoms with Crippen molar-refractivity contribution >= 4 is 21.8 Å². The number of aliphatic imine (C=N–C) groups is 1. The van der Waals surface area contributed by atoms with Gasteiger partial charge >= 0.3 is 0 Å². The van der Waals surface area contributed by atoms with Gasteiger partial charge in [0.2, 0.25) is 0 Å². The van der Waals surface area contributed by atoms with Gasteiger partial charge in [0.05, 0.1) is 10.6 Å². The second-order valence-corrected chi connectivity index (χ2v) is 4.56.